The first-order chi connectivity index (χ1) is 11.0. The number of nitro groups is 1. The zero-order valence-corrected chi connectivity index (χ0v) is 11.8. The molecule has 0 bridgehead atoms. The summed E-state index contributed by atoms with van der Waals surface area (Å²) >= 11 is 0. The molecule has 0 radical (unpaired) electrons. The van der Waals surface area contributed by atoms with Crippen molar-refractivity contribution in [1.29, 1.82) is 0 Å². The van der Waals surface area contributed by atoms with Gasteiger partial charge in [-0.2, -0.15) is 0 Å². The van der Waals surface area contributed by atoms with Crippen molar-refractivity contribution in [2.75, 3.05) is 10.6 Å². The predicted octanol–water partition coefficient (Wildman–Crippen LogP) is 2.41. The van der Waals surface area contributed by atoms with E-state index in [4.69, 9.17) is 0 Å². The zero-order valence-electron chi connectivity index (χ0n) is 11.8. The molecule has 3 rings (SSSR count). The van der Waals surface area contributed by atoms with Gasteiger partial charge in [0.15, 0.2) is 0 Å². The Morgan fingerprint density at radius 1 is 1.13 bits per heavy atom. The van der Waals surface area contributed by atoms with Crippen molar-refractivity contribution in [3.63, 3.8) is 0 Å². The monoisotopic (exact) mass is 312 g/mol. The van der Waals surface area contributed by atoms with E-state index in [-0.39, 0.29) is 11.6 Å². The Bertz CT molecular complexity index is 788. The lowest BCUT2D eigenvalue weighted by Crippen LogP contribution is -2.36. The zero-order chi connectivity index (χ0) is 16.4. The van der Waals surface area contributed by atoms with Crippen molar-refractivity contribution in [2.45, 2.75) is 6.04 Å². The number of urea groups is 1. The number of fused-ring (bicyclic) bond motifs is 1. The Morgan fingerprint density at radius 3 is 2.52 bits per heavy atom. The average molecular weight is 312 g/mol. The molecule has 0 aliphatic carbocycles. The summed E-state index contributed by atoms with van der Waals surface area (Å²) in [5.41, 5.74) is 1.68. The number of hydrogen-bond acceptors (Lipinski definition) is 4. The number of carbonyl (C=O) groups is 2. The van der Waals surface area contributed by atoms with E-state index in [1.54, 1.807) is 24.3 Å². The topological polar surface area (TPSA) is 113 Å². The highest BCUT2D eigenvalue weighted by molar-refractivity contribution is 6.05. The largest absolute Gasteiger partial charge is 0.324 e. The lowest BCUT2D eigenvalue weighted by Gasteiger charge is -2.12. The maximum atomic E-state index is 12.0. The van der Waals surface area contributed by atoms with Gasteiger partial charge in [0, 0.05) is 29.1 Å². The summed E-state index contributed by atoms with van der Waals surface area (Å²) in [6.07, 6.45) is 0. The third-order valence-electron chi connectivity index (χ3n) is 3.40. The van der Waals surface area contributed by atoms with Crippen molar-refractivity contribution in [2.24, 2.45) is 0 Å². The number of rotatable bonds is 3. The molecule has 0 aromatic heterocycles. The molecule has 116 valence electrons. The van der Waals surface area contributed by atoms with Crippen molar-refractivity contribution < 1.29 is 14.5 Å². The van der Waals surface area contributed by atoms with E-state index in [1.807, 2.05) is 0 Å². The smallest absolute Gasteiger partial charge is 0.320 e. The number of benzene rings is 2. The first kappa shape index (κ1) is 14.5. The van der Waals surface area contributed by atoms with Crippen molar-refractivity contribution in [3.05, 3.63) is 64.2 Å². The first-order valence-electron chi connectivity index (χ1n) is 6.76. The van der Waals surface area contributed by atoms with Crippen LogP contribution in [0, 0.1) is 10.1 Å². The van der Waals surface area contributed by atoms with Crippen LogP contribution < -0.4 is 16.0 Å². The predicted molar refractivity (Wildman–Crippen MR) is 83.1 cm³/mol. The molecule has 0 saturated heterocycles. The van der Waals surface area contributed by atoms with Crippen LogP contribution in [-0.2, 0) is 4.79 Å². The highest BCUT2D eigenvalue weighted by Crippen LogP contribution is 2.30. The molecule has 3 amide bonds. The van der Waals surface area contributed by atoms with Gasteiger partial charge in [0.25, 0.3) is 11.6 Å². The van der Waals surface area contributed by atoms with E-state index >= 15 is 0 Å². The molecular formula is C15H12N4O4. The summed E-state index contributed by atoms with van der Waals surface area (Å²) in [7, 11) is 0. The second kappa shape index (κ2) is 5.76. The van der Waals surface area contributed by atoms with Gasteiger partial charge >= 0.3 is 6.03 Å². The molecule has 1 aliphatic heterocycles. The van der Waals surface area contributed by atoms with Gasteiger partial charge in [0.05, 0.1) is 4.92 Å². The number of para-hydroxylation sites is 1. The second-order valence-electron chi connectivity index (χ2n) is 4.91. The van der Waals surface area contributed by atoms with E-state index in [1.165, 1.54) is 24.3 Å². The van der Waals surface area contributed by atoms with Gasteiger partial charge in [0.1, 0.15) is 6.04 Å². The molecule has 8 heteroatoms. The Hall–Kier alpha value is -3.42. The van der Waals surface area contributed by atoms with Crippen molar-refractivity contribution in [1.82, 2.24) is 5.32 Å². The summed E-state index contributed by atoms with van der Waals surface area (Å²) in [6, 6.07) is 11.1. The fraction of sp³-hybridized carbons (Fsp3) is 0.0667. The van der Waals surface area contributed by atoms with Crippen LogP contribution in [0.15, 0.2) is 48.5 Å². The number of carbonyl (C=O) groups excluding carboxylic acids is 2. The molecule has 1 heterocycles. The SMILES string of the molecule is O=C(Nc1ccc([N+](=O)[O-])cc1)NC1C(=O)Nc2ccccc21. The highest BCUT2D eigenvalue weighted by Gasteiger charge is 2.31. The summed E-state index contributed by atoms with van der Waals surface area (Å²) in [5.74, 6) is -0.315. The molecule has 1 aliphatic rings. The van der Waals surface area contributed by atoms with Crippen LogP contribution in [0.1, 0.15) is 11.6 Å². The minimum absolute atomic E-state index is 0.0694. The Kier molecular flexibility index (Phi) is 3.63. The Labute approximate surface area is 130 Å². The third-order valence-corrected chi connectivity index (χ3v) is 3.40. The summed E-state index contributed by atoms with van der Waals surface area (Å²) in [5, 5.41) is 18.4. The molecule has 1 unspecified atom stereocenters. The molecule has 0 saturated carbocycles. The van der Waals surface area contributed by atoms with Gasteiger partial charge in [-0.3, -0.25) is 14.9 Å². The van der Waals surface area contributed by atoms with E-state index < -0.39 is 17.0 Å². The lowest BCUT2D eigenvalue weighted by molar-refractivity contribution is -0.384. The van der Waals surface area contributed by atoms with Crippen LogP contribution in [0.3, 0.4) is 0 Å². The normalized spacial score (nSPS) is 15.5. The maximum absolute atomic E-state index is 12.0. The second-order valence-corrected chi connectivity index (χ2v) is 4.91. The minimum atomic E-state index is -0.774. The van der Waals surface area contributed by atoms with Gasteiger partial charge in [-0.15, -0.1) is 0 Å². The number of hydrogen-bond donors (Lipinski definition) is 3. The molecule has 0 spiro atoms. The fourth-order valence-corrected chi connectivity index (χ4v) is 2.32. The molecule has 1 atom stereocenters. The van der Waals surface area contributed by atoms with Crippen LogP contribution in [0.2, 0.25) is 0 Å². The Morgan fingerprint density at radius 2 is 1.83 bits per heavy atom. The van der Waals surface area contributed by atoms with Crippen LogP contribution in [0.25, 0.3) is 0 Å². The molecule has 2 aromatic carbocycles. The van der Waals surface area contributed by atoms with Gasteiger partial charge in [-0.05, 0) is 18.2 Å². The first-order valence-corrected chi connectivity index (χ1v) is 6.76. The average Bonchev–Trinajstić information content (AvgIpc) is 2.84. The summed E-state index contributed by atoms with van der Waals surface area (Å²) < 4.78 is 0. The third kappa shape index (κ3) is 2.95. The maximum Gasteiger partial charge on any atom is 0.320 e. The molecular weight excluding hydrogens is 300 g/mol. The van der Waals surface area contributed by atoms with Gasteiger partial charge in [0.2, 0.25) is 0 Å². The number of non-ortho nitro benzene ring substituents is 1. The molecule has 3 N–H and O–H groups in total. The van der Waals surface area contributed by atoms with Gasteiger partial charge in [-0.1, -0.05) is 18.2 Å². The van der Waals surface area contributed by atoms with E-state index in [0.29, 0.717) is 16.9 Å². The molecule has 0 fully saturated rings. The van der Waals surface area contributed by atoms with Crippen molar-refractivity contribution >= 4 is 29.0 Å². The highest BCUT2D eigenvalue weighted by atomic mass is 16.6. The summed E-state index contributed by atoms with van der Waals surface area (Å²) in [4.78, 5) is 34.0. The van der Waals surface area contributed by atoms with Crippen LogP contribution >= 0.6 is 0 Å². The summed E-state index contributed by atoms with van der Waals surface area (Å²) in [6.45, 7) is 0. The number of nitrogens with zero attached hydrogens (tertiary/aromatic N) is 1. The van der Waals surface area contributed by atoms with E-state index in [0.717, 1.165) is 0 Å². The standard InChI is InChI=1S/C15H12N4O4/c20-14-13(11-3-1-2-4-12(11)17-14)18-15(21)16-9-5-7-10(8-6-9)19(22)23/h1-8,13H,(H,17,20)(H2,16,18,21). The Balaban J connectivity index is 1.68. The number of nitro benzene ring substituents is 1. The van der Waals surface area contributed by atoms with Gasteiger partial charge < -0.3 is 16.0 Å². The lowest BCUT2D eigenvalue weighted by atomic mass is 10.1. The number of anilines is 2. The van der Waals surface area contributed by atoms with Crippen LogP contribution in [-0.4, -0.2) is 16.9 Å². The van der Waals surface area contributed by atoms with E-state index in [9.17, 15) is 19.7 Å². The van der Waals surface area contributed by atoms with Crippen LogP contribution in [0.4, 0.5) is 21.9 Å². The van der Waals surface area contributed by atoms with Gasteiger partial charge in [-0.25, -0.2) is 4.79 Å². The van der Waals surface area contributed by atoms with E-state index in [2.05, 4.69) is 16.0 Å². The van der Waals surface area contributed by atoms with Crippen molar-refractivity contribution in [3.8, 4) is 0 Å². The molecule has 2 aromatic rings. The number of nitrogens with one attached hydrogen (secondary N) is 3. The molecule has 8 nitrogen and oxygen atoms in total. The minimum Gasteiger partial charge on any atom is -0.324 e. The molecule has 23 heavy (non-hydrogen) atoms. The fourth-order valence-electron chi connectivity index (χ4n) is 2.32. The number of amides is 3. The van der Waals surface area contributed by atoms with Crippen LogP contribution in [0.5, 0.6) is 0 Å². The quantitative estimate of drug-likeness (QED) is 0.596.